The van der Waals surface area contributed by atoms with Crippen LogP contribution >= 0.6 is 0 Å². The zero-order valence-electron chi connectivity index (χ0n) is 11.5. The molecule has 0 bridgehead atoms. The molecule has 0 aromatic carbocycles. The molecule has 18 heavy (non-hydrogen) atoms. The van der Waals surface area contributed by atoms with Crippen molar-refractivity contribution in [3.8, 4) is 0 Å². The highest BCUT2D eigenvalue weighted by Crippen LogP contribution is 2.23. The summed E-state index contributed by atoms with van der Waals surface area (Å²) in [5.74, 6) is 1.16. The van der Waals surface area contributed by atoms with E-state index in [1.165, 1.54) is 25.7 Å². The van der Waals surface area contributed by atoms with E-state index < -0.39 is 0 Å². The molecule has 0 aromatic heterocycles. The number of ether oxygens (including phenoxy) is 1. The van der Waals surface area contributed by atoms with Gasteiger partial charge in [-0.15, -0.1) is 0 Å². The maximum absolute atomic E-state index is 11.9. The largest absolute Gasteiger partial charge is 0.378 e. The highest BCUT2D eigenvalue weighted by atomic mass is 16.5. The number of hydrogen-bond acceptors (Lipinski definition) is 3. The molecule has 4 nitrogen and oxygen atoms in total. The maximum Gasteiger partial charge on any atom is 0.224 e. The molecule has 0 aromatic rings. The minimum atomic E-state index is 0.273. The SMILES string of the molecule is CC1CCC(NCCC(=O)N2CCOCC2)CC1. The molecule has 104 valence electrons. The van der Waals surface area contributed by atoms with Crippen LogP contribution in [0.1, 0.15) is 39.0 Å². The summed E-state index contributed by atoms with van der Waals surface area (Å²) in [6.07, 6.45) is 5.83. The Morgan fingerprint density at radius 1 is 1.22 bits per heavy atom. The summed E-state index contributed by atoms with van der Waals surface area (Å²) >= 11 is 0. The third kappa shape index (κ3) is 4.25. The topological polar surface area (TPSA) is 41.6 Å². The highest BCUT2D eigenvalue weighted by Gasteiger charge is 2.19. The van der Waals surface area contributed by atoms with Crippen LogP contribution in [0.15, 0.2) is 0 Å². The lowest BCUT2D eigenvalue weighted by Gasteiger charge is -2.29. The molecule has 2 rings (SSSR count). The molecular weight excluding hydrogens is 228 g/mol. The molecule has 0 unspecified atom stereocenters. The standard InChI is InChI=1S/C14H26N2O2/c1-12-2-4-13(5-3-12)15-7-6-14(17)16-8-10-18-11-9-16/h12-13,15H,2-11H2,1H3. The van der Waals surface area contributed by atoms with E-state index in [0.29, 0.717) is 25.7 Å². The maximum atomic E-state index is 11.9. The lowest BCUT2D eigenvalue weighted by Crippen LogP contribution is -2.42. The predicted octanol–water partition coefficient (Wildman–Crippen LogP) is 1.40. The van der Waals surface area contributed by atoms with Crippen molar-refractivity contribution in [1.82, 2.24) is 10.2 Å². The molecule has 1 N–H and O–H groups in total. The highest BCUT2D eigenvalue weighted by molar-refractivity contribution is 5.76. The van der Waals surface area contributed by atoms with Gasteiger partial charge in [-0.05, 0) is 31.6 Å². The van der Waals surface area contributed by atoms with Crippen LogP contribution in [0.4, 0.5) is 0 Å². The van der Waals surface area contributed by atoms with Crippen molar-refractivity contribution in [3.63, 3.8) is 0 Å². The summed E-state index contributed by atoms with van der Waals surface area (Å²) in [6, 6.07) is 0.638. The van der Waals surface area contributed by atoms with Gasteiger partial charge in [0, 0.05) is 32.1 Å². The first-order valence-corrected chi connectivity index (χ1v) is 7.34. The Balaban J connectivity index is 1.58. The van der Waals surface area contributed by atoms with E-state index in [2.05, 4.69) is 12.2 Å². The summed E-state index contributed by atoms with van der Waals surface area (Å²) in [5, 5.41) is 3.53. The molecule has 1 heterocycles. The molecule has 1 aliphatic heterocycles. The number of nitrogens with zero attached hydrogens (tertiary/aromatic N) is 1. The Hall–Kier alpha value is -0.610. The molecule has 4 heteroatoms. The van der Waals surface area contributed by atoms with Gasteiger partial charge in [0.2, 0.25) is 5.91 Å². The van der Waals surface area contributed by atoms with Crippen molar-refractivity contribution in [1.29, 1.82) is 0 Å². The molecule has 1 amide bonds. The van der Waals surface area contributed by atoms with Gasteiger partial charge >= 0.3 is 0 Å². The number of nitrogens with one attached hydrogen (secondary N) is 1. The number of carbonyl (C=O) groups is 1. The van der Waals surface area contributed by atoms with Crippen molar-refractivity contribution in [2.75, 3.05) is 32.8 Å². The molecule has 1 aliphatic carbocycles. The van der Waals surface area contributed by atoms with Gasteiger partial charge in [-0.3, -0.25) is 4.79 Å². The quantitative estimate of drug-likeness (QED) is 0.824. The first-order chi connectivity index (χ1) is 8.75. The van der Waals surface area contributed by atoms with Gasteiger partial charge in [0.05, 0.1) is 13.2 Å². The molecule has 1 saturated carbocycles. The van der Waals surface area contributed by atoms with Crippen LogP contribution in [0, 0.1) is 5.92 Å². The normalized spacial score (nSPS) is 29.3. The van der Waals surface area contributed by atoms with Crippen LogP contribution in [-0.4, -0.2) is 49.7 Å². The molecule has 2 aliphatic rings. The smallest absolute Gasteiger partial charge is 0.224 e. The molecule has 0 radical (unpaired) electrons. The van der Waals surface area contributed by atoms with Crippen LogP contribution < -0.4 is 5.32 Å². The fraction of sp³-hybridized carbons (Fsp3) is 0.929. The van der Waals surface area contributed by atoms with Crippen molar-refractivity contribution in [3.05, 3.63) is 0 Å². The van der Waals surface area contributed by atoms with Crippen LogP contribution in [0.5, 0.6) is 0 Å². The predicted molar refractivity (Wildman–Crippen MR) is 71.4 cm³/mol. The van der Waals surface area contributed by atoms with Gasteiger partial charge < -0.3 is 15.0 Å². The first kappa shape index (κ1) is 13.8. The van der Waals surface area contributed by atoms with Gasteiger partial charge in [-0.2, -0.15) is 0 Å². The van der Waals surface area contributed by atoms with Gasteiger partial charge in [0.15, 0.2) is 0 Å². The van der Waals surface area contributed by atoms with E-state index in [9.17, 15) is 4.79 Å². The van der Waals surface area contributed by atoms with Crippen molar-refractivity contribution < 1.29 is 9.53 Å². The van der Waals surface area contributed by atoms with Crippen LogP contribution in [0.25, 0.3) is 0 Å². The van der Waals surface area contributed by atoms with Crippen LogP contribution in [-0.2, 0) is 9.53 Å². The number of hydrogen-bond donors (Lipinski definition) is 1. The monoisotopic (exact) mass is 254 g/mol. The van der Waals surface area contributed by atoms with Crippen molar-refractivity contribution >= 4 is 5.91 Å². The van der Waals surface area contributed by atoms with Crippen LogP contribution in [0.2, 0.25) is 0 Å². The average molecular weight is 254 g/mol. The van der Waals surface area contributed by atoms with Gasteiger partial charge in [-0.25, -0.2) is 0 Å². The number of carbonyl (C=O) groups excluding carboxylic acids is 1. The van der Waals surface area contributed by atoms with E-state index in [4.69, 9.17) is 4.74 Å². The van der Waals surface area contributed by atoms with E-state index in [-0.39, 0.29) is 5.91 Å². The fourth-order valence-corrected chi connectivity index (χ4v) is 2.82. The Kier molecular flexibility index (Phi) is 5.45. The Morgan fingerprint density at radius 2 is 1.89 bits per heavy atom. The third-order valence-corrected chi connectivity index (χ3v) is 4.15. The summed E-state index contributed by atoms with van der Waals surface area (Å²) in [5.41, 5.74) is 0. The zero-order chi connectivity index (χ0) is 12.8. The Bertz CT molecular complexity index is 257. The minimum Gasteiger partial charge on any atom is -0.378 e. The van der Waals surface area contributed by atoms with Crippen molar-refractivity contribution in [2.45, 2.75) is 45.1 Å². The molecule has 0 atom stereocenters. The van der Waals surface area contributed by atoms with Gasteiger partial charge in [-0.1, -0.05) is 6.92 Å². The summed E-state index contributed by atoms with van der Waals surface area (Å²) in [7, 11) is 0. The van der Waals surface area contributed by atoms with Gasteiger partial charge in [0.1, 0.15) is 0 Å². The van der Waals surface area contributed by atoms with Crippen molar-refractivity contribution in [2.24, 2.45) is 5.92 Å². The Morgan fingerprint density at radius 3 is 2.56 bits per heavy atom. The summed E-state index contributed by atoms with van der Waals surface area (Å²) in [4.78, 5) is 13.8. The fourth-order valence-electron chi connectivity index (χ4n) is 2.82. The lowest BCUT2D eigenvalue weighted by atomic mass is 9.87. The Labute approximate surface area is 110 Å². The lowest BCUT2D eigenvalue weighted by molar-refractivity contribution is -0.135. The number of rotatable bonds is 4. The molecule has 0 spiro atoms. The van der Waals surface area contributed by atoms with Gasteiger partial charge in [0.25, 0.3) is 0 Å². The second kappa shape index (κ2) is 7.10. The number of morpholine rings is 1. The summed E-state index contributed by atoms with van der Waals surface area (Å²) in [6.45, 7) is 6.08. The second-order valence-electron chi connectivity index (χ2n) is 5.65. The average Bonchev–Trinajstić information content (AvgIpc) is 2.42. The number of amides is 1. The first-order valence-electron chi connectivity index (χ1n) is 7.34. The van der Waals surface area contributed by atoms with Crippen LogP contribution in [0.3, 0.4) is 0 Å². The molecular formula is C14H26N2O2. The van der Waals surface area contributed by atoms with E-state index >= 15 is 0 Å². The third-order valence-electron chi connectivity index (χ3n) is 4.15. The molecule has 1 saturated heterocycles. The molecule has 2 fully saturated rings. The van der Waals surface area contributed by atoms with E-state index in [1.54, 1.807) is 0 Å². The van der Waals surface area contributed by atoms with E-state index in [0.717, 1.165) is 25.6 Å². The van der Waals surface area contributed by atoms with E-state index in [1.807, 2.05) is 4.90 Å². The zero-order valence-corrected chi connectivity index (χ0v) is 11.5. The summed E-state index contributed by atoms with van der Waals surface area (Å²) < 4.78 is 5.25. The minimum absolute atomic E-state index is 0.273. The second-order valence-corrected chi connectivity index (χ2v) is 5.65.